The summed E-state index contributed by atoms with van der Waals surface area (Å²) in [5, 5.41) is 0. The van der Waals surface area contributed by atoms with Crippen LogP contribution in [-0.4, -0.2) is 60.8 Å². The molecule has 0 saturated carbocycles. The molecule has 32 heavy (non-hydrogen) atoms. The van der Waals surface area contributed by atoms with Gasteiger partial charge in [-0.1, -0.05) is 18.2 Å². The molecule has 1 aromatic heterocycles. The average molecular weight is 464 g/mol. The van der Waals surface area contributed by atoms with E-state index in [2.05, 4.69) is 9.97 Å². The first kappa shape index (κ1) is 21.1. The number of ether oxygens (including phenoxy) is 1. The van der Waals surface area contributed by atoms with Crippen molar-refractivity contribution >= 4 is 26.9 Å². The zero-order valence-corrected chi connectivity index (χ0v) is 17.6. The number of benzene rings is 2. The van der Waals surface area contributed by atoms with E-state index >= 15 is 4.39 Å². The van der Waals surface area contributed by atoms with E-state index in [1.54, 1.807) is 23.1 Å². The largest absolute Gasteiger partial charge is 0.355 e. The van der Waals surface area contributed by atoms with Gasteiger partial charge in [0, 0.05) is 31.6 Å². The summed E-state index contributed by atoms with van der Waals surface area (Å²) < 4.78 is 75.8. The lowest BCUT2D eigenvalue weighted by atomic mass is 9.98. The molecule has 3 aromatic rings. The number of halogens is 3. The minimum Gasteiger partial charge on any atom is -0.355 e. The number of hydrogen-bond donors (Lipinski definition) is 0. The third kappa shape index (κ3) is 3.31. The van der Waals surface area contributed by atoms with Crippen LogP contribution in [0.3, 0.4) is 0 Å². The molecular formula is C21H19F3N4O3S. The molecule has 3 heterocycles. The summed E-state index contributed by atoms with van der Waals surface area (Å²) in [6.07, 6.45) is -0.240. The predicted octanol–water partition coefficient (Wildman–Crippen LogP) is 2.87. The van der Waals surface area contributed by atoms with E-state index < -0.39 is 33.6 Å². The van der Waals surface area contributed by atoms with Gasteiger partial charge in [-0.3, -0.25) is 4.98 Å². The lowest BCUT2D eigenvalue weighted by Crippen LogP contribution is -2.62. The molecule has 0 amide bonds. The molecule has 11 heteroatoms. The minimum atomic E-state index is -3.95. The summed E-state index contributed by atoms with van der Waals surface area (Å²) in [5.74, 6) is -1.79. The Balaban J connectivity index is 1.42. The number of hydrogen-bond acceptors (Lipinski definition) is 6. The summed E-state index contributed by atoms with van der Waals surface area (Å²) >= 11 is 0. The molecule has 1 spiro atoms. The second-order valence-electron chi connectivity index (χ2n) is 7.73. The van der Waals surface area contributed by atoms with Crippen LogP contribution in [0.4, 0.5) is 19.0 Å². The van der Waals surface area contributed by atoms with Crippen LogP contribution >= 0.6 is 0 Å². The van der Waals surface area contributed by atoms with Crippen molar-refractivity contribution in [1.29, 1.82) is 0 Å². The van der Waals surface area contributed by atoms with Crippen molar-refractivity contribution in [3.8, 4) is 0 Å². The first-order chi connectivity index (χ1) is 15.3. The summed E-state index contributed by atoms with van der Waals surface area (Å²) in [7, 11) is -3.95. The van der Waals surface area contributed by atoms with Crippen LogP contribution in [0.15, 0.2) is 53.6 Å². The van der Waals surface area contributed by atoms with Gasteiger partial charge in [0.1, 0.15) is 5.82 Å². The Labute approximate surface area is 182 Å². The highest BCUT2D eigenvalue weighted by Gasteiger charge is 2.57. The van der Waals surface area contributed by atoms with Gasteiger partial charge in [-0.25, -0.2) is 26.6 Å². The fourth-order valence-corrected chi connectivity index (χ4v) is 6.03. The SMILES string of the molecule is O=S(=O)(c1ccccc1)N1CCO[C@@]12CCN(c1cnc3cc(F)c(F)cc3n1)C[C@H]2F. The topological polar surface area (TPSA) is 75.6 Å². The molecule has 0 radical (unpaired) electrons. The number of rotatable bonds is 3. The van der Waals surface area contributed by atoms with E-state index in [-0.39, 0.29) is 54.4 Å². The molecule has 2 aliphatic heterocycles. The summed E-state index contributed by atoms with van der Waals surface area (Å²) in [5.41, 5.74) is -1.29. The van der Waals surface area contributed by atoms with Crippen LogP contribution in [-0.2, 0) is 14.8 Å². The number of anilines is 1. The summed E-state index contributed by atoms with van der Waals surface area (Å²) in [6, 6.07) is 9.75. The van der Waals surface area contributed by atoms with Crippen LogP contribution in [0.1, 0.15) is 6.42 Å². The van der Waals surface area contributed by atoms with E-state index in [0.29, 0.717) is 0 Å². The van der Waals surface area contributed by atoms with Crippen molar-refractivity contribution in [2.75, 3.05) is 31.1 Å². The summed E-state index contributed by atoms with van der Waals surface area (Å²) in [4.78, 5) is 10.1. The molecule has 168 valence electrons. The Morgan fingerprint density at radius 1 is 1.06 bits per heavy atom. The van der Waals surface area contributed by atoms with Gasteiger partial charge in [-0.15, -0.1) is 0 Å². The number of nitrogens with zero attached hydrogens (tertiary/aromatic N) is 4. The monoisotopic (exact) mass is 464 g/mol. The Bertz CT molecular complexity index is 1280. The molecule has 0 unspecified atom stereocenters. The smallest absolute Gasteiger partial charge is 0.245 e. The second kappa shape index (κ2) is 7.68. The van der Waals surface area contributed by atoms with Crippen molar-refractivity contribution in [1.82, 2.24) is 14.3 Å². The third-order valence-corrected chi connectivity index (χ3v) is 7.85. The van der Waals surface area contributed by atoms with Crippen LogP contribution in [0.25, 0.3) is 11.0 Å². The Morgan fingerprint density at radius 3 is 2.50 bits per heavy atom. The number of aromatic nitrogens is 2. The molecule has 0 aliphatic carbocycles. The number of piperidine rings is 1. The maximum absolute atomic E-state index is 15.6. The van der Waals surface area contributed by atoms with E-state index in [1.807, 2.05) is 0 Å². The first-order valence-corrected chi connectivity index (χ1v) is 11.5. The minimum absolute atomic E-state index is 0.0538. The fraction of sp³-hybridized carbons (Fsp3) is 0.333. The molecule has 2 fully saturated rings. The molecule has 2 saturated heterocycles. The zero-order chi connectivity index (χ0) is 22.5. The molecule has 7 nitrogen and oxygen atoms in total. The fourth-order valence-electron chi connectivity index (χ4n) is 4.29. The number of fused-ring (bicyclic) bond motifs is 1. The van der Waals surface area contributed by atoms with E-state index in [9.17, 15) is 17.2 Å². The molecular weight excluding hydrogens is 445 g/mol. The van der Waals surface area contributed by atoms with Crippen molar-refractivity contribution in [2.24, 2.45) is 0 Å². The normalized spacial score (nSPS) is 24.5. The maximum atomic E-state index is 15.6. The molecule has 2 aromatic carbocycles. The van der Waals surface area contributed by atoms with E-state index in [4.69, 9.17) is 4.74 Å². The van der Waals surface area contributed by atoms with E-state index in [0.717, 1.165) is 16.4 Å². The van der Waals surface area contributed by atoms with E-state index in [1.165, 1.54) is 18.3 Å². The Kier molecular flexibility index (Phi) is 5.06. The van der Waals surface area contributed by atoms with Crippen LogP contribution in [0.5, 0.6) is 0 Å². The highest BCUT2D eigenvalue weighted by atomic mass is 32.2. The van der Waals surface area contributed by atoms with Gasteiger partial charge in [0.05, 0.1) is 35.3 Å². The van der Waals surface area contributed by atoms with Gasteiger partial charge in [-0.05, 0) is 12.1 Å². The zero-order valence-electron chi connectivity index (χ0n) is 16.8. The molecule has 5 rings (SSSR count). The van der Waals surface area contributed by atoms with Crippen LogP contribution < -0.4 is 4.90 Å². The first-order valence-electron chi connectivity index (χ1n) is 10.0. The average Bonchev–Trinajstić information content (AvgIpc) is 3.22. The molecule has 2 aliphatic rings. The highest BCUT2D eigenvalue weighted by Crippen LogP contribution is 2.40. The maximum Gasteiger partial charge on any atom is 0.245 e. The van der Waals surface area contributed by atoms with Gasteiger partial charge < -0.3 is 9.64 Å². The Morgan fingerprint density at radius 2 is 1.78 bits per heavy atom. The lowest BCUT2D eigenvalue weighted by molar-refractivity contribution is -0.116. The van der Waals surface area contributed by atoms with Gasteiger partial charge in [0.15, 0.2) is 23.5 Å². The standard InChI is InChI=1S/C21H19F3N4O3S/c22-15-10-17-18(11-16(15)23)26-20(12-25-17)27-7-6-21(19(24)13-27)28(8-9-31-21)32(29,30)14-4-2-1-3-5-14/h1-5,10-12,19H,6-9,13H2/t19-,21-/m1/s1. The highest BCUT2D eigenvalue weighted by molar-refractivity contribution is 7.89. The van der Waals surface area contributed by atoms with Crippen molar-refractivity contribution in [2.45, 2.75) is 23.2 Å². The van der Waals surface area contributed by atoms with Crippen molar-refractivity contribution < 1.29 is 26.3 Å². The molecule has 0 bridgehead atoms. The number of alkyl halides is 1. The van der Waals surface area contributed by atoms with Gasteiger partial charge in [0.2, 0.25) is 10.0 Å². The van der Waals surface area contributed by atoms with Gasteiger partial charge >= 0.3 is 0 Å². The Hall–Kier alpha value is -2.76. The molecule has 0 N–H and O–H groups in total. The number of sulfonamides is 1. The molecule has 2 atom stereocenters. The predicted molar refractivity (Wildman–Crippen MR) is 110 cm³/mol. The summed E-state index contributed by atoms with van der Waals surface area (Å²) in [6.45, 7) is 0.196. The van der Waals surface area contributed by atoms with Gasteiger partial charge in [0.25, 0.3) is 0 Å². The van der Waals surface area contributed by atoms with Gasteiger partial charge in [-0.2, -0.15) is 4.31 Å². The second-order valence-corrected chi connectivity index (χ2v) is 9.59. The third-order valence-electron chi connectivity index (χ3n) is 5.91. The van der Waals surface area contributed by atoms with Crippen LogP contribution in [0, 0.1) is 11.6 Å². The van der Waals surface area contributed by atoms with Crippen LogP contribution in [0.2, 0.25) is 0 Å². The quantitative estimate of drug-likeness (QED) is 0.594. The van der Waals surface area contributed by atoms with Crippen molar-refractivity contribution in [3.63, 3.8) is 0 Å². The van der Waals surface area contributed by atoms with Crippen molar-refractivity contribution in [3.05, 3.63) is 60.3 Å². The lowest BCUT2D eigenvalue weighted by Gasteiger charge is -2.45.